The van der Waals surface area contributed by atoms with Crippen LogP contribution in [0.5, 0.6) is 0 Å². The molecule has 0 heterocycles. The summed E-state index contributed by atoms with van der Waals surface area (Å²) in [4.78, 5) is 14.8. The Labute approximate surface area is 105 Å². The molecule has 0 aliphatic carbocycles. The van der Waals surface area contributed by atoms with Crippen molar-refractivity contribution in [3.05, 3.63) is 12.7 Å². The zero-order chi connectivity index (χ0) is 13.1. The van der Waals surface area contributed by atoms with E-state index in [1.807, 2.05) is 25.1 Å². The summed E-state index contributed by atoms with van der Waals surface area (Å²) in [5, 5.41) is 8.82. The molecule has 0 atom stereocenters. The predicted octanol–water partition coefficient (Wildman–Crippen LogP) is 1.68. The summed E-state index contributed by atoms with van der Waals surface area (Å²) in [5.74, 6) is -0.741. The standard InChI is InChI=1S/C13H26N2O2/c1-4-5-6-7-8-9-15(12-13(16)17)11-10-14(2)3/h4H,1,5-12H2,2-3H3,(H,16,17). The molecular formula is C13H26N2O2. The van der Waals surface area contributed by atoms with E-state index in [4.69, 9.17) is 5.11 Å². The zero-order valence-electron chi connectivity index (χ0n) is 11.2. The summed E-state index contributed by atoms with van der Waals surface area (Å²) in [6.45, 7) is 6.43. The van der Waals surface area contributed by atoms with E-state index in [1.54, 1.807) is 0 Å². The number of likely N-dealkylation sites (N-methyl/N-ethyl adjacent to an activating group) is 1. The molecule has 17 heavy (non-hydrogen) atoms. The van der Waals surface area contributed by atoms with E-state index < -0.39 is 5.97 Å². The van der Waals surface area contributed by atoms with Crippen LogP contribution in [0.15, 0.2) is 12.7 Å². The highest BCUT2D eigenvalue weighted by Gasteiger charge is 2.09. The molecule has 0 aromatic rings. The first-order chi connectivity index (χ1) is 8.06. The maximum atomic E-state index is 10.7. The average Bonchev–Trinajstić information content (AvgIpc) is 2.24. The van der Waals surface area contributed by atoms with Gasteiger partial charge in [0.05, 0.1) is 6.54 Å². The number of carbonyl (C=O) groups is 1. The van der Waals surface area contributed by atoms with Gasteiger partial charge in [0, 0.05) is 13.1 Å². The van der Waals surface area contributed by atoms with Crippen molar-refractivity contribution in [3.8, 4) is 0 Å². The molecule has 4 heteroatoms. The number of carboxylic acids is 1. The largest absolute Gasteiger partial charge is 0.480 e. The van der Waals surface area contributed by atoms with Crippen LogP contribution in [0.25, 0.3) is 0 Å². The van der Waals surface area contributed by atoms with Crippen LogP contribution in [0, 0.1) is 0 Å². The Kier molecular flexibility index (Phi) is 9.77. The van der Waals surface area contributed by atoms with E-state index in [1.165, 1.54) is 0 Å². The SMILES string of the molecule is C=CCCCCCN(CCN(C)C)CC(=O)O. The molecule has 0 aromatic carbocycles. The van der Waals surface area contributed by atoms with E-state index in [2.05, 4.69) is 11.5 Å². The van der Waals surface area contributed by atoms with E-state index in [-0.39, 0.29) is 6.54 Å². The van der Waals surface area contributed by atoms with Gasteiger partial charge in [-0.2, -0.15) is 0 Å². The summed E-state index contributed by atoms with van der Waals surface area (Å²) >= 11 is 0. The van der Waals surface area contributed by atoms with E-state index >= 15 is 0 Å². The Morgan fingerprint density at radius 1 is 1.18 bits per heavy atom. The molecule has 0 aromatic heterocycles. The van der Waals surface area contributed by atoms with Crippen LogP contribution >= 0.6 is 0 Å². The molecule has 0 rings (SSSR count). The lowest BCUT2D eigenvalue weighted by molar-refractivity contribution is -0.138. The molecule has 4 nitrogen and oxygen atoms in total. The monoisotopic (exact) mass is 242 g/mol. The fourth-order valence-electron chi connectivity index (χ4n) is 1.60. The molecule has 0 aliphatic heterocycles. The molecule has 0 fully saturated rings. The smallest absolute Gasteiger partial charge is 0.317 e. The lowest BCUT2D eigenvalue weighted by atomic mass is 10.2. The Morgan fingerprint density at radius 2 is 1.88 bits per heavy atom. The van der Waals surface area contributed by atoms with Crippen LogP contribution in [0.1, 0.15) is 25.7 Å². The molecule has 0 unspecified atom stereocenters. The number of aliphatic carboxylic acids is 1. The van der Waals surface area contributed by atoms with Gasteiger partial charge in [-0.15, -0.1) is 6.58 Å². The number of hydrogen-bond donors (Lipinski definition) is 1. The first-order valence-corrected chi connectivity index (χ1v) is 6.26. The van der Waals surface area contributed by atoms with Crippen molar-refractivity contribution < 1.29 is 9.90 Å². The first-order valence-electron chi connectivity index (χ1n) is 6.26. The van der Waals surface area contributed by atoms with Crippen LogP contribution in [0.2, 0.25) is 0 Å². The van der Waals surface area contributed by atoms with E-state index in [0.29, 0.717) is 0 Å². The lowest BCUT2D eigenvalue weighted by Crippen LogP contribution is -2.36. The van der Waals surface area contributed by atoms with Gasteiger partial charge >= 0.3 is 5.97 Å². The third-order valence-corrected chi connectivity index (χ3v) is 2.60. The van der Waals surface area contributed by atoms with Gasteiger partial charge in [0.25, 0.3) is 0 Å². The van der Waals surface area contributed by atoms with Gasteiger partial charge in [0.2, 0.25) is 0 Å². The molecule has 0 aliphatic rings. The average molecular weight is 242 g/mol. The summed E-state index contributed by atoms with van der Waals surface area (Å²) in [7, 11) is 4.01. The van der Waals surface area contributed by atoms with Crippen LogP contribution < -0.4 is 0 Å². The second-order valence-corrected chi connectivity index (χ2v) is 4.61. The Hall–Kier alpha value is -0.870. The van der Waals surface area contributed by atoms with E-state index in [9.17, 15) is 4.79 Å². The van der Waals surface area contributed by atoms with Gasteiger partial charge in [-0.3, -0.25) is 9.69 Å². The minimum atomic E-state index is -0.741. The van der Waals surface area contributed by atoms with Crippen molar-refractivity contribution in [2.75, 3.05) is 40.3 Å². The number of rotatable bonds is 11. The van der Waals surface area contributed by atoms with Crippen LogP contribution in [-0.2, 0) is 4.79 Å². The Morgan fingerprint density at radius 3 is 2.41 bits per heavy atom. The molecule has 100 valence electrons. The summed E-state index contributed by atoms with van der Waals surface area (Å²) in [6.07, 6.45) is 6.34. The topological polar surface area (TPSA) is 43.8 Å². The molecule has 0 radical (unpaired) electrons. The van der Waals surface area contributed by atoms with Gasteiger partial charge in [-0.05, 0) is 39.9 Å². The van der Waals surface area contributed by atoms with Crippen LogP contribution in [-0.4, -0.2) is 61.2 Å². The quantitative estimate of drug-likeness (QED) is 0.442. The highest BCUT2D eigenvalue weighted by molar-refractivity contribution is 5.69. The Balaban J connectivity index is 3.76. The van der Waals surface area contributed by atoms with Crippen molar-refractivity contribution in [1.29, 1.82) is 0 Å². The molecule has 0 saturated heterocycles. The van der Waals surface area contributed by atoms with Crippen molar-refractivity contribution in [3.63, 3.8) is 0 Å². The minimum absolute atomic E-state index is 0.148. The van der Waals surface area contributed by atoms with E-state index in [0.717, 1.165) is 45.3 Å². The van der Waals surface area contributed by atoms with Gasteiger partial charge in [-0.25, -0.2) is 0 Å². The van der Waals surface area contributed by atoms with Crippen LogP contribution in [0.4, 0.5) is 0 Å². The normalized spacial score (nSPS) is 11.1. The molecule has 0 saturated carbocycles. The fourth-order valence-corrected chi connectivity index (χ4v) is 1.60. The Bertz CT molecular complexity index is 217. The highest BCUT2D eigenvalue weighted by atomic mass is 16.4. The minimum Gasteiger partial charge on any atom is -0.480 e. The number of nitrogens with zero attached hydrogens (tertiary/aromatic N) is 2. The number of allylic oxidation sites excluding steroid dienone is 1. The van der Waals surface area contributed by atoms with Crippen molar-refractivity contribution >= 4 is 5.97 Å². The van der Waals surface area contributed by atoms with Gasteiger partial charge < -0.3 is 10.0 Å². The molecule has 0 amide bonds. The number of hydrogen-bond acceptors (Lipinski definition) is 3. The molecular weight excluding hydrogens is 216 g/mol. The molecule has 0 bridgehead atoms. The summed E-state index contributed by atoms with van der Waals surface area (Å²) in [6, 6.07) is 0. The number of carboxylic acid groups (broad SMARTS) is 1. The van der Waals surface area contributed by atoms with Crippen molar-refractivity contribution in [1.82, 2.24) is 9.80 Å². The van der Waals surface area contributed by atoms with Crippen LogP contribution in [0.3, 0.4) is 0 Å². The van der Waals surface area contributed by atoms with Gasteiger partial charge in [-0.1, -0.05) is 12.5 Å². The second-order valence-electron chi connectivity index (χ2n) is 4.61. The maximum Gasteiger partial charge on any atom is 0.317 e. The second kappa shape index (κ2) is 10.3. The molecule has 1 N–H and O–H groups in total. The summed E-state index contributed by atoms with van der Waals surface area (Å²) in [5.41, 5.74) is 0. The first kappa shape index (κ1) is 16.1. The number of unbranched alkanes of at least 4 members (excludes halogenated alkanes) is 3. The third-order valence-electron chi connectivity index (χ3n) is 2.60. The third kappa shape index (κ3) is 11.4. The maximum absolute atomic E-state index is 10.7. The fraction of sp³-hybridized carbons (Fsp3) is 0.769. The van der Waals surface area contributed by atoms with Gasteiger partial charge in [0.15, 0.2) is 0 Å². The van der Waals surface area contributed by atoms with Gasteiger partial charge in [0.1, 0.15) is 0 Å². The lowest BCUT2D eigenvalue weighted by Gasteiger charge is -2.22. The summed E-state index contributed by atoms with van der Waals surface area (Å²) < 4.78 is 0. The highest BCUT2D eigenvalue weighted by Crippen LogP contribution is 2.02. The molecule has 0 spiro atoms. The van der Waals surface area contributed by atoms with Crippen molar-refractivity contribution in [2.24, 2.45) is 0 Å². The zero-order valence-corrected chi connectivity index (χ0v) is 11.2. The van der Waals surface area contributed by atoms with Crippen molar-refractivity contribution in [2.45, 2.75) is 25.7 Å². The predicted molar refractivity (Wildman–Crippen MR) is 71.3 cm³/mol.